The summed E-state index contributed by atoms with van der Waals surface area (Å²) in [7, 11) is 0. The van der Waals surface area contributed by atoms with Gasteiger partial charge in [-0.15, -0.1) is 0 Å². The van der Waals surface area contributed by atoms with Crippen LogP contribution >= 0.6 is 0 Å². The van der Waals surface area contributed by atoms with Crippen LogP contribution in [0.5, 0.6) is 0 Å². The van der Waals surface area contributed by atoms with Crippen LogP contribution in [0.4, 0.5) is 0 Å². The van der Waals surface area contributed by atoms with Crippen LogP contribution in [0.1, 0.15) is 34.6 Å². The van der Waals surface area contributed by atoms with Gasteiger partial charge >= 0.3 is 0 Å². The minimum Gasteiger partial charge on any atom is -0.389 e. The highest BCUT2D eigenvalue weighted by atomic mass is 16.5. The van der Waals surface area contributed by atoms with Crippen molar-refractivity contribution in [2.75, 3.05) is 26.3 Å². The van der Waals surface area contributed by atoms with Crippen LogP contribution in [-0.2, 0) is 9.53 Å². The highest BCUT2D eigenvalue weighted by Gasteiger charge is 2.14. The van der Waals surface area contributed by atoms with Crippen LogP contribution in [-0.4, -0.2) is 49.5 Å². The third kappa shape index (κ3) is 10.9. The SMILES string of the molecule is CC(C)CNC(=O)C(C)NCC(O)COCC(C)C. The van der Waals surface area contributed by atoms with E-state index < -0.39 is 6.10 Å². The first-order valence-electron chi connectivity index (χ1n) is 7.09. The Morgan fingerprint density at radius 2 is 1.68 bits per heavy atom. The Hall–Kier alpha value is -0.650. The van der Waals surface area contributed by atoms with Crippen LogP contribution in [0.3, 0.4) is 0 Å². The van der Waals surface area contributed by atoms with Crippen molar-refractivity contribution < 1.29 is 14.6 Å². The molecule has 1 amide bonds. The number of ether oxygens (including phenoxy) is 1. The van der Waals surface area contributed by atoms with Crippen molar-refractivity contribution in [3.05, 3.63) is 0 Å². The molecule has 0 aliphatic heterocycles. The fourth-order valence-corrected chi connectivity index (χ4v) is 1.36. The molecule has 0 spiro atoms. The molecular weight excluding hydrogens is 244 g/mol. The zero-order valence-corrected chi connectivity index (χ0v) is 12.9. The largest absolute Gasteiger partial charge is 0.389 e. The second kappa shape index (κ2) is 10.2. The predicted molar refractivity (Wildman–Crippen MR) is 77.0 cm³/mol. The lowest BCUT2D eigenvalue weighted by Crippen LogP contribution is -2.46. The molecule has 0 bridgehead atoms. The lowest BCUT2D eigenvalue weighted by atomic mass is 10.2. The van der Waals surface area contributed by atoms with Crippen LogP contribution in [0, 0.1) is 11.8 Å². The topological polar surface area (TPSA) is 70.6 Å². The molecule has 0 heterocycles. The van der Waals surface area contributed by atoms with E-state index >= 15 is 0 Å². The molecule has 3 N–H and O–H groups in total. The van der Waals surface area contributed by atoms with Crippen molar-refractivity contribution in [3.8, 4) is 0 Å². The van der Waals surface area contributed by atoms with E-state index in [-0.39, 0.29) is 11.9 Å². The highest BCUT2D eigenvalue weighted by Crippen LogP contribution is 1.94. The van der Waals surface area contributed by atoms with Gasteiger partial charge < -0.3 is 20.5 Å². The first-order valence-corrected chi connectivity index (χ1v) is 7.09. The zero-order chi connectivity index (χ0) is 14.8. The molecule has 0 rings (SSSR count). The Labute approximate surface area is 117 Å². The number of carbonyl (C=O) groups excluding carboxylic acids is 1. The number of aliphatic hydroxyl groups excluding tert-OH is 1. The summed E-state index contributed by atoms with van der Waals surface area (Å²) in [6.45, 7) is 12.0. The summed E-state index contributed by atoms with van der Waals surface area (Å²) < 4.78 is 5.34. The van der Waals surface area contributed by atoms with Gasteiger partial charge in [-0.2, -0.15) is 0 Å². The Kier molecular flexibility index (Phi) is 9.83. The summed E-state index contributed by atoms with van der Waals surface area (Å²) in [4.78, 5) is 11.7. The van der Waals surface area contributed by atoms with Gasteiger partial charge in [0.15, 0.2) is 0 Å². The Morgan fingerprint density at radius 3 is 2.21 bits per heavy atom. The standard InChI is InChI=1S/C14H30N2O3/c1-10(2)6-16-14(18)12(5)15-7-13(17)9-19-8-11(3)4/h10-13,15,17H,6-9H2,1-5H3,(H,16,18). The summed E-state index contributed by atoms with van der Waals surface area (Å²) >= 11 is 0. The Balaban J connectivity index is 3.70. The van der Waals surface area contributed by atoms with Gasteiger partial charge in [-0.1, -0.05) is 27.7 Å². The third-order valence-corrected chi connectivity index (χ3v) is 2.50. The second-order valence-corrected chi connectivity index (χ2v) is 5.85. The van der Waals surface area contributed by atoms with E-state index in [1.54, 1.807) is 6.92 Å². The molecule has 0 aliphatic rings. The van der Waals surface area contributed by atoms with E-state index in [2.05, 4.69) is 24.5 Å². The summed E-state index contributed by atoms with van der Waals surface area (Å²) in [5, 5.41) is 15.5. The average molecular weight is 274 g/mol. The maximum absolute atomic E-state index is 11.7. The molecule has 2 unspecified atom stereocenters. The van der Waals surface area contributed by atoms with Crippen molar-refractivity contribution >= 4 is 5.91 Å². The number of aliphatic hydroxyl groups is 1. The number of hydrogen-bond acceptors (Lipinski definition) is 4. The molecule has 19 heavy (non-hydrogen) atoms. The molecule has 0 radical (unpaired) electrons. The van der Waals surface area contributed by atoms with Gasteiger partial charge in [-0.05, 0) is 18.8 Å². The van der Waals surface area contributed by atoms with Crippen molar-refractivity contribution in [2.45, 2.75) is 46.8 Å². The summed E-state index contributed by atoms with van der Waals surface area (Å²) in [5.74, 6) is 0.857. The van der Waals surface area contributed by atoms with Crippen molar-refractivity contribution in [2.24, 2.45) is 11.8 Å². The summed E-state index contributed by atoms with van der Waals surface area (Å²) in [6, 6.07) is -0.307. The number of nitrogens with one attached hydrogen (secondary N) is 2. The quantitative estimate of drug-likeness (QED) is 0.550. The van der Waals surface area contributed by atoms with Crippen molar-refractivity contribution in [1.29, 1.82) is 0 Å². The second-order valence-electron chi connectivity index (χ2n) is 5.85. The number of rotatable bonds is 10. The van der Waals surface area contributed by atoms with E-state index in [4.69, 9.17) is 4.74 Å². The summed E-state index contributed by atoms with van der Waals surface area (Å²) in [5.41, 5.74) is 0. The van der Waals surface area contributed by atoms with E-state index in [1.807, 2.05) is 13.8 Å². The van der Waals surface area contributed by atoms with E-state index in [0.717, 1.165) is 0 Å². The third-order valence-electron chi connectivity index (χ3n) is 2.50. The van der Waals surface area contributed by atoms with Crippen LogP contribution in [0.25, 0.3) is 0 Å². The fraction of sp³-hybridized carbons (Fsp3) is 0.929. The number of amides is 1. The molecule has 0 aromatic rings. The van der Waals surface area contributed by atoms with E-state index in [1.165, 1.54) is 0 Å². The van der Waals surface area contributed by atoms with Crippen LogP contribution in [0.2, 0.25) is 0 Å². The van der Waals surface area contributed by atoms with Crippen molar-refractivity contribution in [3.63, 3.8) is 0 Å². The van der Waals surface area contributed by atoms with Gasteiger partial charge in [0.1, 0.15) is 0 Å². The molecule has 114 valence electrons. The predicted octanol–water partition coefficient (Wildman–Crippen LogP) is 0.770. The van der Waals surface area contributed by atoms with Gasteiger partial charge in [0.05, 0.1) is 18.8 Å². The highest BCUT2D eigenvalue weighted by molar-refractivity contribution is 5.81. The first-order chi connectivity index (χ1) is 8.82. The average Bonchev–Trinajstić information content (AvgIpc) is 2.32. The van der Waals surface area contributed by atoms with Gasteiger partial charge in [0.2, 0.25) is 5.91 Å². The van der Waals surface area contributed by atoms with Gasteiger partial charge in [-0.3, -0.25) is 4.79 Å². The molecule has 0 aromatic heterocycles. The Morgan fingerprint density at radius 1 is 1.05 bits per heavy atom. The van der Waals surface area contributed by atoms with Crippen LogP contribution < -0.4 is 10.6 Å². The number of hydrogen-bond donors (Lipinski definition) is 3. The van der Waals surface area contributed by atoms with Gasteiger partial charge in [-0.25, -0.2) is 0 Å². The number of carbonyl (C=O) groups is 1. The molecule has 0 aromatic carbocycles. The van der Waals surface area contributed by atoms with Crippen LogP contribution in [0.15, 0.2) is 0 Å². The summed E-state index contributed by atoms with van der Waals surface area (Å²) in [6.07, 6.45) is -0.584. The lowest BCUT2D eigenvalue weighted by molar-refractivity contribution is -0.123. The zero-order valence-electron chi connectivity index (χ0n) is 12.9. The molecule has 5 heteroatoms. The first kappa shape index (κ1) is 18.4. The maximum atomic E-state index is 11.7. The molecule has 0 saturated heterocycles. The van der Waals surface area contributed by atoms with Gasteiger partial charge in [0.25, 0.3) is 0 Å². The normalized spacial score (nSPS) is 14.7. The lowest BCUT2D eigenvalue weighted by Gasteiger charge is -2.18. The Bertz CT molecular complexity index is 245. The molecule has 0 saturated carbocycles. The monoisotopic (exact) mass is 274 g/mol. The van der Waals surface area contributed by atoms with E-state index in [9.17, 15) is 9.90 Å². The van der Waals surface area contributed by atoms with Crippen molar-refractivity contribution in [1.82, 2.24) is 10.6 Å². The maximum Gasteiger partial charge on any atom is 0.236 e. The molecule has 2 atom stereocenters. The molecule has 0 aliphatic carbocycles. The smallest absolute Gasteiger partial charge is 0.236 e. The molecular formula is C14H30N2O3. The minimum atomic E-state index is -0.584. The van der Waals surface area contributed by atoms with Gasteiger partial charge in [0, 0.05) is 19.7 Å². The fourth-order valence-electron chi connectivity index (χ4n) is 1.36. The minimum absolute atomic E-state index is 0.0380. The molecule has 5 nitrogen and oxygen atoms in total. The molecule has 0 fully saturated rings. The van der Waals surface area contributed by atoms with E-state index in [0.29, 0.717) is 38.1 Å².